The first-order chi connectivity index (χ1) is 31.4. The van der Waals surface area contributed by atoms with Crippen molar-refractivity contribution < 1.29 is 9.47 Å². The van der Waals surface area contributed by atoms with E-state index in [1.165, 1.54) is 32.0 Å². The van der Waals surface area contributed by atoms with Crippen LogP contribution in [0.1, 0.15) is 42.5 Å². The summed E-state index contributed by atoms with van der Waals surface area (Å²) in [6.07, 6.45) is 1.83. The van der Waals surface area contributed by atoms with Crippen molar-refractivity contribution >= 4 is 114 Å². The van der Waals surface area contributed by atoms with Crippen LogP contribution in [0.5, 0.6) is 11.5 Å². The van der Waals surface area contributed by atoms with E-state index in [1.54, 1.807) is 83.9 Å². The number of rotatable bonds is 11. The Kier molecular flexibility index (Phi) is 13.1. The molecule has 0 N–H and O–H groups in total. The fraction of sp³-hybridized carbons (Fsp3) is 0.120. The van der Waals surface area contributed by atoms with E-state index >= 15 is 0 Å². The van der Waals surface area contributed by atoms with Gasteiger partial charge in [0.25, 0.3) is 0 Å². The van der Waals surface area contributed by atoms with E-state index in [0.29, 0.717) is 0 Å². The highest BCUT2D eigenvalue weighted by molar-refractivity contribution is 8.40. The Morgan fingerprint density at radius 1 is 0.484 bits per heavy atom. The van der Waals surface area contributed by atoms with E-state index in [9.17, 15) is 0 Å². The zero-order valence-electron chi connectivity index (χ0n) is 34.5. The van der Waals surface area contributed by atoms with E-state index in [0.717, 1.165) is 73.8 Å². The molecule has 6 nitrogen and oxygen atoms in total. The number of thiazole rings is 2. The second-order valence-electron chi connectivity index (χ2n) is 14.8. The maximum atomic E-state index is 6.08. The van der Waals surface area contributed by atoms with Crippen LogP contribution >= 0.6 is 94.2 Å². The number of aryl methyl sites for hydroxylation is 2. The van der Waals surface area contributed by atoms with Gasteiger partial charge in [-0.3, -0.25) is 9.13 Å². The minimum Gasteiger partial charge on any atom is -0.497 e. The van der Waals surface area contributed by atoms with Crippen molar-refractivity contribution in [3.05, 3.63) is 198 Å². The van der Waals surface area contributed by atoms with Crippen molar-refractivity contribution in [3.63, 3.8) is 0 Å². The molecular formula is C50H38N4O2S8. The molecular weight excluding hydrogens is 945 g/mol. The average molecular weight is 983 g/mol. The SMILES string of the molecule is COc1ccc(N=C2Sc3c(sc(=S)n3-c3ccc(CCc4ccc(-n5c6c(sc5=S)[C@@H](c5ccccc5)SC(=Nc5ccc(OC)cc5)S6)cc4)cc3)[C@@H](c3ccccc3)S2)cc1. The third-order valence-electron chi connectivity index (χ3n) is 10.8. The van der Waals surface area contributed by atoms with Crippen LogP contribution in [-0.4, -0.2) is 32.1 Å². The standard InChI is InChI=1S/C50H38N4O2S8/c1-55-39-27-19-35(20-28-39)51-47-59-41(33-9-5-3-6-10-33)43-45(63-47)53(49(57)61-43)37-23-15-31(16-24-37)13-14-32-17-25-38(26-18-32)54-46-44(62-50(54)58)42(34-11-7-4-8-12-34)60-48(64-46)52-36-21-29-40(56-2)30-22-36/h3-12,15-30,41-42H,13-14H2,1-2H3/t41-,42-/m1/s1. The molecule has 0 radical (unpaired) electrons. The van der Waals surface area contributed by atoms with Crippen LogP contribution in [0, 0.1) is 7.91 Å². The van der Waals surface area contributed by atoms with Crippen molar-refractivity contribution in [2.24, 2.45) is 9.98 Å². The first kappa shape index (κ1) is 43.3. The van der Waals surface area contributed by atoms with Gasteiger partial charge in [-0.1, -0.05) is 108 Å². The fourth-order valence-electron chi connectivity index (χ4n) is 7.47. The van der Waals surface area contributed by atoms with Gasteiger partial charge < -0.3 is 9.47 Å². The molecule has 8 aromatic rings. The number of aromatic nitrogens is 2. The van der Waals surface area contributed by atoms with Crippen LogP contribution in [0.3, 0.4) is 0 Å². The molecule has 2 aliphatic rings. The lowest BCUT2D eigenvalue weighted by molar-refractivity contribution is 0.415. The van der Waals surface area contributed by atoms with Gasteiger partial charge in [0.1, 0.15) is 30.3 Å². The summed E-state index contributed by atoms with van der Waals surface area (Å²) in [5.41, 5.74) is 8.91. The van der Waals surface area contributed by atoms with Crippen LogP contribution in [0.4, 0.5) is 11.4 Å². The molecule has 0 unspecified atom stereocenters. The van der Waals surface area contributed by atoms with Gasteiger partial charge in [-0.15, -0.1) is 22.7 Å². The molecule has 14 heteroatoms. The zero-order valence-corrected chi connectivity index (χ0v) is 41.0. The average Bonchev–Trinajstić information content (AvgIpc) is 3.86. The minimum absolute atomic E-state index is 0.0923. The Morgan fingerprint density at radius 3 is 1.22 bits per heavy atom. The van der Waals surface area contributed by atoms with Gasteiger partial charge in [-0.05, 0) is 156 Å². The van der Waals surface area contributed by atoms with Crippen molar-refractivity contribution in [2.75, 3.05) is 14.2 Å². The van der Waals surface area contributed by atoms with Crippen LogP contribution in [0.25, 0.3) is 11.4 Å². The molecule has 6 aromatic carbocycles. The molecule has 0 amide bonds. The van der Waals surface area contributed by atoms with E-state index in [1.807, 2.05) is 48.5 Å². The summed E-state index contributed by atoms with van der Waals surface area (Å²) >= 11 is 22.5. The predicted octanol–water partition coefficient (Wildman–Crippen LogP) is 15.9. The summed E-state index contributed by atoms with van der Waals surface area (Å²) < 4.78 is 18.8. The first-order valence-electron chi connectivity index (χ1n) is 20.4. The van der Waals surface area contributed by atoms with Crippen LogP contribution in [0.15, 0.2) is 178 Å². The van der Waals surface area contributed by atoms with E-state index in [4.69, 9.17) is 43.9 Å². The largest absolute Gasteiger partial charge is 0.497 e. The Morgan fingerprint density at radius 2 is 0.859 bits per heavy atom. The predicted molar refractivity (Wildman–Crippen MR) is 280 cm³/mol. The smallest absolute Gasteiger partial charge is 0.166 e. The van der Waals surface area contributed by atoms with Crippen LogP contribution in [0.2, 0.25) is 0 Å². The summed E-state index contributed by atoms with van der Waals surface area (Å²) in [5.74, 6) is 1.62. The highest BCUT2D eigenvalue weighted by Crippen LogP contribution is 2.54. The third-order valence-corrected chi connectivity index (χ3v) is 19.1. The third kappa shape index (κ3) is 9.25. The summed E-state index contributed by atoms with van der Waals surface area (Å²) in [6, 6.07) is 54.8. The van der Waals surface area contributed by atoms with Crippen molar-refractivity contribution in [3.8, 4) is 22.9 Å². The molecule has 4 heterocycles. The monoisotopic (exact) mass is 982 g/mol. The molecule has 2 aliphatic heterocycles. The molecule has 2 atom stereocenters. The van der Waals surface area contributed by atoms with Gasteiger partial charge in [0.15, 0.2) is 7.91 Å². The van der Waals surface area contributed by atoms with Gasteiger partial charge in [0, 0.05) is 11.4 Å². The van der Waals surface area contributed by atoms with Crippen molar-refractivity contribution in [1.82, 2.24) is 9.13 Å². The van der Waals surface area contributed by atoms with Crippen molar-refractivity contribution in [1.29, 1.82) is 0 Å². The topological polar surface area (TPSA) is 53.0 Å². The summed E-state index contributed by atoms with van der Waals surface area (Å²) in [6.45, 7) is 0. The maximum Gasteiger partial charge on any atom is 0.166 e. The normalized spacial score (nSPS) is 17.0. The fourth-order valence-corrected chi connectivity index (χ4v) is 16.5. The Bertz CT molecular complexity index is 2890. The molecule has 64 heavy (non-hydrogen) atoms. The molecule has 0 aliphatic carbocycles. The number of hydrogen-bond acceptors (Lipinski definition) is 12. The minimum atomic E-state index is 0.0923. The van der Waals surface area contributed by atoms with E-state index < -0.39 is 0 Å². The number of fused-ring (bicyclic) bond motifs is 2. The summed E-state index contributed by atoms with van der Waals surface area (Å²) in [4.78, 5) is 12.7. The molecule has 2 aromatic heterocycles. The summed E-state index contributed by atoms with van der Waals surface area (Å²) in [7, 11) is 3.36. The number of ether oxygens (including phenoxy) is 2. The van der Waals surface area contributed by atoms with Gasteiger partial charge in [0.2, 0.25) is 0 Å². The van der Waals surface area contributed by atoms with Crippen molar-refractivity contribution in [2.45, 2.75) is 33.4 Å². The number of aliphatic imine (C=N–C) groups is 2. The molecule has 0 fully saturated rings. The molecule has 0 spiro atoms. The number of thioether (sulfide) groups is 4. The van der Waals surface area contributed by atoms with Gasteiger partial charge >= 0.3 is 0 Å². The van der Waals surface area contributed by atoms with Gasteiger partial charge in [0.05, 0.1) is 45.8 Å². The van der Waals surface area contributed by atoms with E-state index in [-0.39, 0.29) is 10.5 Å². The highest BCUT2D eigenvalue weighted by Gasteiger charge is 2.34. The summed E-state index contributed by atoms with van der Waals surface area (Å²) in [5, 5.41) is 2.44. The number of methoxy groups -OCH3 is 2. The molecule has 0 saturated heterocycles. The first-order valence-corrected chi connectivity index (χ1v) is 26.2. The van der Waals surface area contributed by atoms with Gasteiger partial charge in [-0.25, -0.2) is 9.98 Å². The lowest BCUT2D eigenvalue weighted by Crippen LogP contribution is -2.08. The Hall–Kier alpha value is -4.64. The van der Waals surface area contributed by atoms with Crippen LogP contribution < -0.4 is 9.47 Å². The molecule has 0 bridgehead atoms. The van der Waals surface area contributed by atoms with Gasteiger partial charge in [-0.2, -0.15) is 0 Å². The Balaban J connectivity index is 0.877. The number of nitrogens with zero attached hydrogens (tertiary/aromatic N) is 4. The number of hydrogen-bond donors (Lipinski definition) is 0. The second-order valence-corrected chi connectivity index (χ2v) is 22.8. The quantitative estimate of drug-likeness (QED) is 0.119. The second kappa shape index (κ2) is 19.4. The highest BCUT2D eigenvalue weighted by atomic mass is 32.2. The maximum absolute atomic E-state index is 6.08. The molecule has 318 valence electrons. The zero-order chi connectivity index (χ0) is 43.6. The number of benzene rings is 6. The van der Waals surface area contributed by atoms with Crippen LogP contribution in [-0.2, 0) is 12.8 Å². The lowest BCUT2D eigenvalue weighted by atomic mass is 10.0. The molecule has 10 rings (SSSR count). The molecule has 0 saturated carbocycles. The lowest BCUT2D eigenvalue weighted by Gasteiger charge is -2.24. The van der Waals surface area contributed by atoms with E-state index in [2.05, 4.69) is 118 Å². The Labute approximate surface area is 407 Å².